The summed E-state index contributed by atoms with van der Waals surface area (Å²) in [4.78, 5) is 12.4. The van der Waals surface area contributed by atoms with Gasteiger partial charge >= 0.3 is 0 Å². The lowest BCUT2D eigenvalue weighted by Gasteiger charge is -2.03. The van der Waals surface area contributed by atoms with Crippen molar-refractivity contribution in [2.45, 2.75) is 13.0 Å². The summed E-state index contributed by atoms with van der Waals surface area (Å²) in [5.41, 5.74) is 0. The van der Waals surface area contributed by atoms with E-state index >= 15 is 0 Å². The highest BCUT2D eigenvalue weighted by Gasteiger charge is 1.98. The summed E-state index contributed by atoms with van der Waals surface area (Å²) >= 11 is 1.71. The molecule has 0 radical (unpaired) electrons. The monoisotopic (exact) mass is 258 g/mol. The summed E-state index contributed by atoms with van der Waals surface area (Å²) in [5, 5.41) is 7.84. The molecule has 0 fully saturated rings. The number of nitrogens with one attached hydrogen (secondary N) is 2. The molecule has 1 heterocycles. The van der Waals surface area contributed by atoms with E-state index in [9.17, 15) is 4.79 Å². The SMILES string of the molecule is C#CCNC(=O)CCNCc1cccs1.Cl. The topological polar surface area (TPSA) is 41.1 Å². The minimum absolute atomic E-state index is 0. The summed E-state index contributed by atoms with van der Waals surface area (Å²) in [6.07, 6.45) is 5.48. The summed E-state index contributed by atoms with van der Waals surface area (Å²) in [6.45, 7) is 1.80. The standard InChI is InChI=1S/C11H14N2OS.ClH/c1-2-6-13-11(14)5-7-12-9-10-4-3-8-15-10;/h1,3-4,8,12H,5-7,9H2,(H,13,14);1H. The van der Waals surface area contributed by atoms with Gasteiger partial charge in [0.1, 0.15) is 0 Å². The van der Waals surface area contributed by atoms with Crippen molar-refractivity contribution in [3.05, 3.63) is 22.4 Å². The van der Waals surface area contributed by atoms with Crippen LogP contribution in [-0.4, -0.2) is 19.0 Å². The highest BCUT2D eigenvalue weighted by molar-refractivity contribution is 7.09. The molecule has 5 heteroatoms. The van der Waals surface area contributed by atoms with Gasteiger partial charge in [-0.2, -0.15) is 0 Å². The molecule has 2 N–H and O–H groups in total. The fraction of sp³-hybridized carbons (Fsp3) is 0.364. The molecule has 0 aliphatic carbocycles. The van der Waals surface area contributed by atoms with Crippen LogP contribution in [0.5, 0.6) is 0 Å². The maximum Gasteiger partial charge on any atom is 0.222 e. The van der Waals surface area contributed by atoms with Crippen LogP contribution in [0.1, 0.15) is 11.3 Å². The third kappa shape index (κ3) is 6.46. The van der Waals surface area contributed by atoms with E-state index in [4.69, 9.17) is 6.42 Å². The average Bonchev–Trinajstić information content (AvgIpc) is 2.74. The van der Waals surface area contributed by atoms with Crippen molar-refractivity contribution in [3.8, 4) is 12.3 Å². The minimum atomic E-state index is -0.00775. The van der Waals surface area contributed by atoms with E-state index in [1.165, 1.54) is 4.88 Å². The first kappa shape index (κ1) is 15.0. The van der Waals surface area contributed by atoms with E-state index in [2.05, 4.69) is 22.6 Å². The predicted octanol–water partition coefficient (Wildman–Crippen LogP) is 1.40. The van der Waals surface area contributed by atoms with E-state index in [-0.39, 0.29) is 18.3 Å². The number of hydrogen-bond donors (Lipinski definition) is 2. The summed E-state index contributed by atoms with van der Waals surface area (Å²) < 4.78 is 0. The number of carbonyl (C=O) groups is 1. The Labute approximate surface area is 106 Å². The third-order valence-corrected chi connectivity index (χ3v) is 2.67. The molecule has 0 aliphatic heterocycles. The summed E-state index contributed by atoms with van der Waals surface area (Å²) in [7, 11) is 0. The molecule has 0 spiro atoms. The molecule has 0 unspecified atom stereocenters. The van der Waals surface area contributed by atoms with Crippen LogP contribution in [0.25, 0.3) is 0 Å². The van der Waals surface area contributed by atoms with Gasteiger partial charge in [-0.3, -0.25) is 4.79 Å². The molecule has 1 aromatic rings. The Balaban J connectivity index is 0.00000225. The highest BCUT2D eigenvalue weighted by Crippen LogP contribution is 2.06. The van der Waals surface area contributed by atoms with Crippen molar-refractivity contribution in [3.63, 3.8) is 0 Å². The Bertz CT molecular complexity index is 332. The normalized spacial score (nSPS) is 8.94. The van der Waals surface area contributed by atoms with Crippen LogP contribution >= 0.6 is 23.7 Å². The van der Waals surface area contributed by atoms with Crippen LogP contribution in [0.4, 0.5) is 0 Å². The van der Waals surface area contributed by atoms with Gasteiger partial charge < -0.3 is 10.6 Å². The Morgan fingerprint density at radius 1 is 1.56 bits per heavy atom. The lowest BCUT2D eigenvalue weighted by molar-refractivity contribution is -0.120. The molecule has 0 aromatic carbocycles. The Morgan fingerprint density at radius 2 is 2.38 bits per heavy atom. The van der Waals surface area contributed by atoms with Gasteiger partial charge in [0.2, 0.25) is 5.91 Å². The van der Waals surface area contributed by atoms with E-state index < -0.39 is 0 Å². The zero-order valence-corrected chi connectivity index (χ0v) is 10.5. The van der Waals surface area contributed by atoms with Gasteiger partial charge in [-0.1, -0.05) is 12.0 Å². The molecule has 0 bridgehead atoms. The van der Waals surface area contributed by atoms with Gasteiger partial charge in [0.15, 0.2) is 0 Å². The number of amides is 1. The molecular formula is C11H15ClN2OS. The molecule has 0 saturated heterocycles. The van der Waals surface area contributed by atoms with Crippen LogP contribution < -0.4 is 10.6 Å². The van der Waals surface area contributed by atoms with Crippen molar-refractivity contribution >= 4 is 29.7 Å². The molecule has 1 aromatic heterocycles. The molecule has 0 atom stereocenters. The van der Waals surface area contributed by atoms with E-state index in [0.717, 1.165) is 6.54 Å². The number of halogens is 1. The van der Waals surface area contributed by atoms with Gasteiger partial charge in [-0.05, 0) is 11.4 Å². The molecule has 88 valence electrons. The second-order valence-corrected chi connectivity index (χ2v) is 4.02. The third-order valence-electron chi connectivity index (χ3n) is 1.80. The Kier molecular flexibility index (Phi) is 8.64. The summed E-state index contributed by atoms with van der Waals surface area (Å²) in [5.74, 6) is 2.35. The van der Waals surface area contributed by atoms with Crippen LogP contribution in [0.3, 0.4) is 0 Å². The highest BCUT2D eigenvalue weighted by atomic mass is 35.5. The average molecular weight is 259 g/mol. The van der Waals surface area contributed by atoms with Crippen LogP contribution in [0, 0.1) is 12.3 Å². The van der Waals surface area contributed by atoms with E-state index in [1.54, 1.807) is 11.3 Å². The molecule has 16 heavy (non-hydrogen) atoms. The fourth-order valence-corrected chi connectivity index (χ4v) is 1.74. The van der Waals surface area contributed by atoms with Crippen molar-refractivity contribution in [2.75, 3.05) is 13.1 Å². The molecule has 0 aliphatic rings. The number of carbonyl (C=O) groups excluding carboxylic acids is 1. The second-order valence-electron chi connectivity index (χ2n) is 2.99. The maximum atomic E-state index is 11.1. The number of rotatable bonds is 6. The van der Waals surface area contributed by atoms with Gasteiger partial charge in [0.25, 0.3) is 0 Å². The van der Waals surface area contributed by atoms with Gasteiger partial charge in [-0.15, -0.1) is 30.2 Å². The molecule has 0 saturated carbocycles. The van der Waals surface area contributed by atoms with Gasteiger partial charge in [-0.25, -0.2) is 0 Å². The van der Waals surface area contributed by atoms with Crippen LogP contribution in [-0.2, 0) is 11.3 Å². The van der Waals surface area contributed by atoms with E-state index in [1.807, 2.05) is 11.4 Å². The van der Waals surface area contributed by atoms with Crippen molar-refractivity contribution in [2.24, 2.45) is 0 Å². The summed E-state index contributed by atoms with van der Waals surface area (Å²) in [6, 6.07) is 4.08. The number of thiophene rings is 1. The maximum absolute atomic E-state index is 11.1. The first-order valence-electron chi connectivity index (χ1n) is 4.76. The lowest BCUT2D eigenvalue weighted by atomic mass is 10.4. The first-order chi connectivity index (χ1) is 7.33. The van der Waals surface area contributed by atoms with E-state index in [0.29, 0.717) is 19.5 Å². The van der Waals surface area contributed by atoms with Crippen molar-refractivity contribution in [1.29, 1.82) is 0 Å². The smallest absolute Gasteiger partial charge is 0.222 e. The number of terminal acetylenes is 1. The molecule has 3 nitrogen and oxygen atoms in total. The quantitative estimate of drug-likeness (QED) is 0.598. The fourth-order valence-electron chi connectivity index (χ4n) is 1.06. The molecular weight excluding hydrogens is 244 g/mol. The van der Waals surface area contributed by atoms with Gasteiger partial charge in [0, 0.05) is 24.4 Å². The largest absolute Gasteiger partial charge is 0.345 e. The Hall–Kier alpha value is -1.02. The van der Waals surface area contributed by atoms with Crippen molar-refractivity contribution < 1.29 is 4.79 Å². The zero-order valence-electron chi connectivity index (χ0n) is 8.86. The van der Waals surface area contributed by atoms with Crippen LogP contribution in [0.15, 0.2) is 17.5 Å². The van der Waals surface area contributed by atoms with Crippen molar-refractivity contribution in [1.82, 2.24) is 10.6 Å². The second kappa shape index (κ2) is 9.22. The Morgan fingerprint density at radius 3 is 3.00 bits per heavy atom. The number of hydrogen-bond acceptors (Lipinski definition) is 3. The first-order valence-corrected chi connectivity index (χ1v) is 5.64. The molecule has 1 amide bonds. The lowest BCUT2D eigenvalue weighted by Crippen LogP contribution is -2.27. The molecule has 1 rings (SSSR count). The zero-order chi connectivity index (χ0) is 10.9. The predicted molar refractivity (Wildman–Crippen MR) is 69.7 cm³/mol. The van der Waals surface area contributed by atoms with Crippen LogP contribution in [0.2, 0.25) is 0 Å². The van der Waals surface area contributed by atoms with Gasteiger partial charge in [0.05, 0.1) is 6.54 Å². The minimum Gasteiger partial charge on any atom is -0.345 e.